The number of carbonyl (C=O) groups excluding carboxylic acids is 1. The first-order chi connectivity index (χ1) is 9.36. The molecule has 0 spiro atoms. The molecule has 0 saturated carbocycles. The molecule has 0 aliphatic carbocycles. The molecule has 1 rings (SSSR count). The van der Waals surface area contributed by atoms with Gasteiger partial charge in [-0.25, -0.2) is 0 Å². The maximum atomic E-state index is 10.1. The van der Waals surface area contributed by atoms with E-state index in [0.717, 1.165) is 18.8 Å². The molecule has 19 heavy (non-hydrogen) atoms. The largest absolute Gasteiger partial charge is 0.494 e. The number of rotatable bonds is 11. The molecule has 1 aromatic carbocycles. The first-order valence-corrected chi connectivity index (χ1v) is 7.20. The SMILES string of the molecule is CCCCCCCCCOc1ccc(OC=O)cc1. The third-order valence-corrected chi connectivity index (χ3v) is 3.02. The molecule has 0 amide bonds. The van der Waals surface area contributed by atoms with Crippen LogP contribution in [0.2, 0.25) is 0 Å². The van der Waals surface area contributed by atoms with Crippen LogP contribution in [0.5, 0.6) is 11.5 Å². The van der Waals surface area contributed by atoms with Gasteiger partial charge in [0.05, 0.1) is 6.61 Å². The summed E-state index contributed by atoms with van der Waals surface area (Å²) in [5, 5.41) is 0. The lowest BCUT2D eigenvalue weighted by molar-refractivity contribution is -0.120. The predicted molar refractivity (Wildman–Crippen MR) is 76.6 cm³/mol. The lowest BCUT2D eigenvalue weighted by atomic mass is 10.1. The van der Waals surface area contributed by atoms with E-state index in [1.165, 1.54) is 38.5 Å². The molecule has 0 heterocycles. The van der Waals surface area contributed by atoms with Crippen LogP contribution in [-0.2, 0) is 4.79 Å². The normalized spacial score (nSPS) is 10.2. The van der Waals surface area contributed by atoms with Crippen molar-refractivity contribution in [2.24, 2.45) is 0 Å². The van der Waals surface area contributed by atoms with E-state index in [1.807, 2.05) is 12.1 Å². The summed E-state index contributed by atoms with van der Waals surface area (Å²) in [5.74, 6) is 1.36. The van der Waals surface area contributed by atoms with E-state index < -0.39 is 0 Å². The Hall–Kier alpha value is -1.51. The fraction of sp³-hybridized carbons (Fsp3) is 0.562. The van der Waals surface area contributed by atoms with Crippen molar-refractivity contribution < 1.29 is 14.3 Å². The zero-order valence-corrected chi connectivity index (χ0v) is 11.8. The molecule has 1 aromatic rings. The van der Waals surface area contributed by atoms with E-state index in [4.69, 9.17) is 9.47 Å². The van der Waals surface area contributed by atoms with Gasteiger partial charge in [0.2, 0.25) is 0 Å². The van der Waals surface area contributed by atoms with Gasteiger partial charge in [-0.1, -0.05) is 45.4 Å². The van der Waals surface area contributed by atoms with Gasteiger partial charge in [0.25, 0.3) is 6.47 Å². The molecule has 0 unspecified atom stereocenters. The molecule has 0 saturated heterocycles. The van der Waals surface area contributed by atoms with E-state index in [0.29, 0.717) is 12.2 Å². The fourth-order valence-corrected chi connectivity index (χ4v) is 1.92. The quantitative estimate of drug-likeness (QED) is 0.440. The summed E-state index contributed by atoms with van der Waals surface area (Å²) < 4.78 is 10.3. The van der Waals surface area contributed by atoms with Crippen LogP contribution in [-0.4, -0.2) is 13.1 Å². The third kappa shape index (κ3) is 7.50. The Bertz CT molecular complexity index is 332. The molecule has 106 valence electrons. The van der Waals surface area contributed by atoms with E-state index in [9.17, 15) is 4.79 Å². The van der Waals surface area contributed by atoms with Gasteiger partial charge in [0.1, 0.15) is 11.5 Å². The second-order valence-electron chi connectivity index (χ2n) is 4.66. The third-order valence-electron chi connectivity index (χ3n) is 3.02. The lowest BCUT2D eigenvalue weighted by Crippen LogP contribution is -1.97. The minimum atomic E-state index is 0.425. The fourth-order valence-electron chi connectivity index (χ4n) is 1.92. The lowest BCUT2D eigenvalue weighted by Gasteiger charge is -2.06. The molecule has 0 N–H and O–H groups in total. The van der Waals surface area contributed by atoms with E-state index in [2.05, 4.69) is 6.92 Å². The van der Waals surface area contributed by atoms with Crippen LogP contribution in [0.15, 0.2) is 24.3 Å². The van der Waals surface area contributed by atoms with E-state index in [-0.39, 0.29) is 0 Å². The molecule has 3 heteroatoms. The molecular formula is C16H24O3. The highest BCUT2D eigenvalue weighted by atomic mass is 16.5. The van der Waals surface area contributed by atoms with Crippen molar-refractivity contribution in [2.75, 3.05) is 6.61 Å². The number of hydrogen-bond acceptors (Lipinski definition) is 3. The monoisotopic (exact) mass is 264 g/mol. The van der Waals surface area contributed by atoms with Gasteiger partial charge >= 0.3 is 0 Å². The minimum absolute atomic E-state index is 0.425. The summed E-state index contributed by atoms with van der Waals surface area (Å²) in [6, 6.07) is 7.10. The van der Waals surface area contributed by atoms with Crippen LogP contribution in [0.4, 0.5) is 0 Å². The average Bonchev–Trinajstić information content (AvgIpc) is 2.44. The van der Waals surface area contributed by atoms with Gasteiger partial charge in [0, 0.05) is 0 Å². The smallest absolute Gasteiger partial charge is 0.298 e. The van der Waals surface area contributed by atoms with Gasteiger partial charge < -0.3 is 9.47 Å². The van der Waals surface area contributed by atoms with Crippen molar-refractivity contribution >= 4 is 6.47 Å². The summed E-state index contributed by atoms with van der Waals surface area (Å²) in [6.07, 6.45) is 8.98. The summed E-state index contributed by atoms with van der Waals surface area (Å²) in [4.78, 5) is 10.1. The Kier molecular flexibility index (Phi) is 8.52. The van der Waals surface area contributed by atoms with E-state index in [1.54, 1.807) is 12.1 Å². The first-order valence-electron chi connectivity index (χ1n) is 7.20. The Balaban J connectivity index is 2.04. The number of unbranched alkanes of at least 4 members (excludes halogenated alkanes) is 6. The number of ether oxygens (including phenoxy) is 2. The zero-order valence-electron chi connectivity index (χ0n) is 11.8. The van der Waals surface area contributed by atoms with Crippen molar-refractivity contribution in [3.8, 4) is 11.5 Å². The first kappa shape index (κ1) is 15.5. The molecule has 0 atom stereocenters. The molecule has 0 fully saturated rings. The van der Waals surface area contributed by atoms with Crippen molar-refractivity contribution in [1.82, 2.24) is 0 Å². The number of benzene rings is 1. The molecule has 0 aliphatic heterocycles. The molecular weight excluding hydrogens is 240 g/mol. The van der Waals surface area contributed by atoms with Crippen molar-refractivity contribution in [3.05, 3.63) is 24.3 Å². The number of carbonyl (C=O) groups is 1. The summed E-state index contributed by atoms with van der Waals surface area (Å²) in [6.45, 7) is 3.41. The van der Waals surface area contributed by atoms with Crippen LogP contribution in [0, 0.1) is 0 Å². The molecule has 0 aliphatic rings. The second-order valence-corrected chi connectivity index (χ2v) is 4.66. The van der Waals surface area contributed by atoms with Gasteiger partial charge in [-0.2, -0.15) is 0 Å². The molecule has 3 nitrogen and oxygen atoms in total. The zero-order chi connectivity index (χ0) is 13.8. The highest BCUT2D eigenvalue weighted by Crippen LogP contribution is 2.17. The van der Waals surface area contributed by atoms with E-state index >= 15 is 0 Å². The standard InChI is InChI=1S/C16H24O3/c1-2-3-4-5-6-7-8-13-18-15-9-11-16(12-10-15)19-14-17/h9-12,14H,2-8,13H2,1H3. The van der Waals surface area contributed by atoms with Crippen LogP contribution in [0.3, 0.4) is 0 Å². The second kappa shape index (κ2) is 10.4. The Morgan fingerprint density at radius 3 is 2.11 bits per heavy atom. The van der Waals surface area contributed by atoms with Crippen LogP contribution in [0.1, 0.15) is 51.9 Å². The van der Waals surface area contributed by atoms with Gasteiger partial charge in [-0.3, -0.25) is 4.79 Å². The number of hydrogen-bond donors (Lipinski definition) is 0. The van der Waals surface area contributed by atoms with Crippen LogP contribution < -0.4 is 9.47 Å². The summed E-state index contributed by atoms with van der Waals surface area (Å²) in [5.41, 5.74) is 0. The highest BCUT2D eigenvalue weighted by molar-refractivity contribution is 5.45. The summed E-state index contributed by atoms with van der Waals surface area (Å²) >= 11 is 0. The van der Waals surface area contributed by atoms with Crippen molar-refractivity contribution in [3.63, 3.8) is 0 Å². The molecule has 0 bridgehead atoms. The molecule has 0 radical (unpaired) electrons. The Morgan fingerprint density at radius 1 is 0.895 bits per heavy atom. The van der Waals surface area contributed by atoms with Crippen LogP contribution >= 0.6 is 0 Å². The van der Waals surface area contributed by atoms with Gasteiger partial charge in [-0.05, 0) is 30.7 Å². The predicted octanol–water partition coefficient (Wildman–Crippen LogP) is 4.35. The van der Waals surface area contributed by atoms with Crippen LogP contribution in [0.25, 0.3) is 0 Å². The van der Waals surface area contributed by atoms with Crippen molar-refractivity contribution in [1.29, 1.82) is 0 Å². The topological polar surface area (TPSA) is 35.5 Å². The highest BCUT2D eigenvalue weighted by Gasteiger charge is 1.96. The maximum absolute atomic E-state index is 10.1. The average molecular weight is 264 g/mol. The maximum Gasteiger partial charge on any atom is 0.298 e. The van der Waals surface area contributed by atoms with Crippen molar-refractivity contribution in [2.45, 2.75) is 51.9 Å². The Morgan fingerprint density at radius 2 is 1.47 bits per heavy atom. The van der Waals surface area contributed by atoms with Gasteiger partial charge in [0.15, 0.2) is 0 Å². The summed E-state index contributed by atoms with van der Waals surface area (Å²) in [7, 11) is 0. The molecule has 0 aromatic heterocycles. The Labute approximate surface area is 115 Å². The minimum Gasteiger partial charge on any atom is -0.494 e. The van der Waals surface area contributed by atoms with Gasteiger partial charge in [-0.15, -0.1) is 0 Å².